The minimum Gasteiger partial charge on any atom is -0.354 e. The van der Waals surface area contributed by atoms with Crippen molar-refractivity contribution >= 4 is 58.0 Å². The van der Waals surface area contributed by atoms with Crippen molar-refractivity contribution in [3.63, 3.8) is 0 Å². The smallest absolute Gasteiger partial charge is 0.257 e. The van der Waals surface area contributed by atoms with Crippen LogP contribution in [0.1, 0.15) is 0 Å². The summed E-state index contributed by atoms with van der Waals surface area (Å²) in [6.07, 6.45) is 1.51. The molecule has 2 heterocycles. The Morgan fingerprint density at radius 1 is 1.08 bits per heavy atom. The maximum atomic E-state index is 11.6. The lowest BCUT2D eigenvalue weighted by atomic mass is 10.1. The van der Waals surface area contributed by atoms with Crippen LogP contribution in [0.15, 0.2) is 47.1 Å². The molecule has 3 aromatic rings. The van der Waals surface area contributed by atoms with Gasteiger partial charge in [-0.25, -0.2) is 0 Å². The van der Waals surface area contributed by atoms with Crippen LogP contribution in [0.2, 0.25) is 10.0 Å². The molecule has 0 saturated heterocycles. The topological polar surface area (TPSA) is 68.0 Å². The summed E-state index contributed by atoms with van der Waals surface area (Å²) in [5.74, 6) is -0.156. The summed E-state index contributed by atoms with van der Waals surface area (Å²) in [5, 5.41) is 7.46. The number of halogens is 4. The second kappa shape index (κ2) is 7.62. The highest BCUT2D eigenvalue weighted by atomic mass is 35.5. The predicted octanol–water partition coefficient (Wildman–Crippen LogP) is 5.45. The maximum absolute atomic E-state index is 11.6. The van der Waals surface area contributed by atoms with E-state index in [9.17, 15) is 4.79 Å². The molecule has 128 valence electrons. The zero-order valence-corrected chi connectivity index (χ0v) is 15.4. The van der Waals surface area contributed by atoms with E-state index in [4.69, 9.17) is 50.9 Å². The maximum Gasteiger partial charge on any atom is 0.257 e. The van der Waals surface area contributed by atoms with E-state index in [1.54, 1.807) is 36.4 Å². The second-order valence-corrected chi connectivity index (χ2v) is 6.80. The number of rotatable bonds is 4. The van der Waals surface area contributed by atoms with Crippen LogP contribution < -0.4 is 5.32 Å². The Kier molecular flexibility index (Phi) is 5.49. The highest BCUT2D eigenvalue weighted by Crippen LogP contribution is 2.35. The van der Waals surface area contributed by atoms with E-state index in [0.717, 1.165) is 0 Å². The van der Waals surface area contributed by atoms with Gasteiger partial charge in [0.05, 0.1) is 10.0 Å². The van der Waals surface area contributed by atoms with Crippen molar-refractivity contribution < 1.29 is 9.32 Å². The fraction of sp³-hybridized carbons (Fsp3) is 0.0625. The molecular weight excluding hydrogens is 408 g/mol. The van der Waals surface area contributed by atoms with Crippen molar-refractivity contribution in [2.24, 2.45) is 0 Å². The van der Waals surface area contributed by atoms with Crippen LogP contribution in [-0.2, 0) is 4.79 Å². The summed E-state index contributed by atoms with van der Waals surface area (Å²) in [4.78, 5) is 14.6. The van der Waals surface area contributed by atoms with E-state index in [1.807, 2.05) is 0 Å². The van der Waals surface area contributed by atoms with Gasteiger partial charge in [-0.15, -0.1) is 0 Å². The number of amides is 1. The number of carbonyl (C=O) groups excluding carboxylic acids is 1. The summed E-state index contributed by atoms with van der Waals surface area (Å²) in [7, 11) is 0. The first kappa shape index (κ1) is 18.0. The first-order valence-electron chi connectivity index (χ1n) is 6.92. The lowest BCUT2D eigenvalue weighted by molar-refractivity contribution is -0.114. The molecule has 5 nitrogen and oxygen atoms in total. The average Bonchev–Trinajstić information content (AvgIpc) is 3.04. The molecule has 9 heteroatoms. The van der Waals surface area contributed by atoms with Gasteiger partial charge in [0.2, 0.25) is 0 Å². The molecule has 1 aromatic carbocycles. The molecule has 0 spiro atoms. The van der Waals surface area contributed by atoms with Gasteiger partial charge in [0.1, 0.15) is 11.4 Å². The lowest BCUT2D eigenvalue weighted by Gasteiger charge is -2.05. The van der Waals surface area contributed by atoms with Crippen molar-refractivity contribution in [2.45, 2.75) is 4.84 Å². The van der Waals surface area contributed by atoms with Crippen LogP contribution in [0, 0.1) is 0 Å². The molecule has 25 heavy (non-hydrogen) atoms. The number of alkyl halides is 2. The summed E-state index contributed by atoms with van der Waals surface area (Å²) < 4.78 is 5.33. The third-order valence-electron chi connectivity index (χ3n) is 3.21. The minimum absolute atomic E-state index is 0.385. The molecule has 0 aliphatic rings. The molecule has 1 N–H and O–H groups in total. The van der Waals surface area contributed by atoms with Crippen LogP contribution in [0.25, 0.3) is 22.7 Å². The highest BCUT2D eigenvalue weighted by Gasteiger charge is 2.16. The van der Waals surface area contributed by atoms with Crippen LogP contribution in [-0.4, -0.2) is 20.9 Å². The number of nitrogens with one attached hydrogen (secondary N) is 1. The van der Waals surface area contributed by atoms with E-state index in [1.165, 1.54) is 6.20 Å². The number of nitrogens with zero attached hydrogens (tertiary/aromatic N) is 2. The van der Waals surface area contributed by atoms with Crippen LogP contribution >= 0.6 is 46.4 Å². The van der Waals surface area contributed by atoms with E-state index in [-0.39, 0.29) is 0 Å². The molecule has 0 fully saturated rings. The zero-order valence-electron chi connectivity index (χ0n) is 12.3. The van der Waals surface area contributed by atoms with Crippen molar-refractivity contribution in [1.29, 1.82) is 0 Å². The summed E-state index contributed by atoms with van der Waals surface area (Å²) in [5.41, 5.74) is 1.97. The van der Waals surface area contributed by atoms with E-state index >= 15 is 0 Å². The number of hydrogen-bond acceptors (Lipinski definition) is 4. The van der Waals surface area contributed by atoms with Gasteiger partial charge in [0.25, 0.3) is 5.91 Å². The van der Waals surface area contributed by atoms with Crippen molar-refractivity contribution in [2.75, 3.05) is 5.32 Å². The standard InChI is InChI=1S/C16H9Cl4N3O2/c17-9-2-1-3-10(18)14(9)12-7-13(25-23-12)11-6-8(4-5-21-11)22-16(24)15(19)20/h1-7,15H,(H,21,22,24). The van der Waals surface area contributed by atoms with Gasteiger partial charge >= 0.3 is 0 Å². The molecule has 0 aliphatic carbocycles. The Labute approximate surface area is 162 Å². The van der Waals surface area contributed by atoms with Crippen LogP contribution in [0.5, 0.6) is 0 Å². The summed E-state index contributed by atoms with van der Waals surface area (Å²) >= 11 is 23.4. The first-order valence-corrected chi connectivity index (χ1v) is 8.55. The number of carbonyl (C=O) groups is 1. The number of benzene rings is 1. The first-order chi connectivity index (χ1) is 12.0. The number of pyridine rings is 1. The van der Waals surface area contributed by atoms with Gasteiger partial charge in [-0.3, -0.25) is 9.78 Å². The van der Waals surface area contributed by atoms with E-state index < -0.39 is 10.7 Å². The Balaban J connectivity index is 1.92. The van der Waals surface area contributed by atoms with Crippen LogP contribution in [0.3, 0.4) is 0 Å². The van der Waals surface area contributed by atoms with Gasteiger partial charge in [0.15, 0.2) is 10.6 Å². The Bertz CT molecular complexity index is 907. The van der Waals surface area contributed by atoms with E-state index in [0.29, 0.717) is 38.4 Å². The molecule has 1 amide bonds. The molecule has 0 bridgehead atoms. The average molecular weight is 417 g/mol. The third kappa shape index (κ3) is 4.07. The van der Waals surface area contributed by atoms with Crippen molar-refractivity contribution in [3.05, 3.63) is 52.6 Å². The quantitative estimate of drug-likeness (QED) is 0.574. The SMILES string of the molecule is O=C(Nc1ccnc(-c2cc(-c3c(Cl)cccc3Cl)no2)c1)C(Cl)Cl. The summed E-state index contributed by atoms with van der Waals surface area (Å²) in [6.45, 7) is 0. The highest BCUT2D eigenvalue weighted by molar-refractivity contribution is 6.54. The van der Waals surface area contributed by atoms with Crippen molar-refractivity contribution in [3.8, 4) is 22.7 Å². The molecule has 0 atom stereocenters. The number of anilines is 1. The molecule has 0 saturated carbocycles. The van der Waals surface area contributed by atoms with Crippen molar-refractivity contribution in [1.82, 2.24) is 10.1 Å². The normalized spacial score (nSPS) is 10.9. The molecule has 3 rings (SSSR count). The predicted molar refractivity (Wildman–Crippen MR) is 99.3 cm³/mol. The number of aromatic nitrogens is 2. The van der Waals surface area contributed by atoms with Gasteiger partial charge in [-0.2, -0.15) is 0 Å². The van der Waals surface area contributed by atoms with Gasteiger partial charge in [-0.1, -0.05) is 57.6 Å². The second-order valence-electron chi connectivity index (χ2n) is 4.89. The van der Waals surface area contributed by atoms with E-state index in [2.05, 4.69) is 15.5 Å². The minimum atomic E-state index is -1.17. The zero-order chi connectivity index (χ0) is 18.0. The summed E-state index contributed by atoms with van der Waals surface area (Å²) in [6, 6.07) is 10.0. The van der Waals surface area contributed by atoms with Gasteiger partial charge in [-0.05, 0) is 24.3 Å². The molecular formula is C16H9Cl4N3O2. The van der Waals surface area contributed by atoms with Gasteiger partial charge < -0.3 is 9.84 Å². The Morgan fingerprint density at radius 3 is 2.48 bits per heavy atom. The third-order valence-corrected chi connectivity index (χ3v) is 4.23. The fourth-order valence-electron chi connectivity index (χ4n) is 2.10. The molecule has 0 radical (unpaired) electrons. The van der Waals surface area contributed by atoms with Gasteiger partial charge in [0, 0.05) is 23.5 Å². The lowest BCUT2D eigenvalue weighted by Crippen LogP contribution is -2.18. The Morgan fingerprint density at radius 2 is 1.80 bits per heavy atom. The largest absolute Gasteiger partial charge is 0.354 e. The molecule has 0 aliphatic heterocycles. The fourth-order valence-corrected chi connectivity index (χ4v) is 2.80. The van der Waals surface area contributed by atoms with Crippen LogP contribution in [0.4, 0.5) is 5.69 Å². The molecule has 2 aromatic heterocycles. The molecule has 0 unspecified atom stereocenters. The Hall–Kier alpha value is -1.79. The number of hydrogen-bond donors (Lipinski definition) is 1. The monoisotopic (exact) mass is 415 g/mol.